The maximum atomic E-state index is 13.0. The molecule has 164 valence electrons. The van der Waals surface area contributed by atoms with Gasteiger partial charge in [0, 0.05) is 43.5 Å². The van der Waals surface area contributed by atoms with Gasteiger partial charge in [-0.25, -0.2) is 9.18 Å². The first-order valence-corrected chi connectivity index (χ1v) is 10.5. The van der Waals surface area contributed by atoms with Crippen LogP contribution >= 0.6 is 0 Å². The zero-order valence-corrected chi connectivity index (χ0v) is 17.8. The molecule has 6 nitrogen and oxygen atoms in total. The smallest absolute Gasteiger partial charge is 0.339 e. The molecule has 4 rings (SSSR count). The van der Waals surface area contributed by atoms with Crippen molar-refractivity contribution in [3.05, 3.63) is 58.9 Å². The Hall–Kier alpha value is -2.93. The fourth-order valence-electron chi connectivity index (χ4n) is 4.46. The Morgan fingerprint density at radius 2 is 1.74 bits per heavy atom. The lowest BCUT2D eigenvalue weighted by atomic mass is 9.83. The van der Waals surface area contributed by atoms with Gasteiger partial charge < -0.3 is 19.1 Å². The number of fused-ring (bicyclic) bond motifs is 2. The lowest BCUT2D eigenvalue weighted by Gasteiger charge is -2.38. The van der Waals surface area contributed by atoms with Gasteiger partial charge in [0.05, 0.1) is 19.8 Å². The van der Waals surface area contributed by atoms with Gasteiger partial charge in [-0.05, 0) is 49.4 Å². The van der Waals surface area contributed by atoms with Crippen LogP contribution in [0.4, 0.5) is 4.39 Å². The van der Waals surface area contributed by atoms with Crippen LogP contribution in [0.15, 0.2) is 36.4 Å². The molecule has 0 aliphatic carbocycles. The summed E-state index contributed by atoms with van der Waals surface area (Å²) in [6, 6.07) is 9.22. The Morgan fingerprint density at radius 3 is 2.39 bits per heavy atom. The number of benzene rings is 2. The van der Waals surface area contributed by atoms with Crippen molar-refractivity contribution in [2.75, 3.05) is 33.9 Å². The highest BCUT2D eigenvalue weighted by atomic mass is 19.1. The molecule has 2 heterocycles. The van der Waals surface area contributed by atoms with E-state index in [0.717, 1.165) is 31.6 Å². The van der Waals surface area contributed by atoms with Crippen LogP contribution in [0.1, 0.15) is 52.0 Å². The minimum Gasteiger partial charge on any atom is -0.493 e. The Labute approximate surface area is 180 Å². The van der Waals surface area contributed by atoms with Crippen molar-refractivity contribution in [3.8, 4) is 11.5 Å². The van der Waals surface area contributed by atoms with Crippen molar-refractivity contribution >= 4 is 11.8 Å². The number of halogens is 1. The highest BCUT2D eigenvalue weighted by Crippen LogP contribution is 2.47. The summed E-state index contributed by atoms with van der Waals surface area (Å²) in [4.78, 5) is 27.1. The molecule has 1 spiro atoms. The molecule has 0 saturated carbocycles. The molecule has 0 radical (unpaired) electrons. The molecule has 2 aromatic carbocycles. The van der Waals surface area contributed by atoms with E-state index in [1.807, 2.05) is 6.07 Å². The fourth-order valence-corrected chi connectivity index (χ4v) is 4.46. The van der Waals surface area contributed by atoms with Crippen molar-refractivity contribution in [1.29, 1.82) is 0 Å². The summed E-state index contributed by atoms with van der Waals surface area (Å²) in [6.07, 6.45) is 2.52. The molecule has 1 saturated heterocycles. The van der Waals surface area contributed by atoms with E-state index >= 15 is 0 Å². The average Bonchev–Trinajstić information content (AvgIpc) is 3.05. The van der Waals surface area contributed by atoms with Crippen molar-refractivity contribution in [2.45, 2.75) is 31.3 Å². The number of rotatable bonds is 7. The number of likely N-dealkylation sites (tertiary alicyclic amines) is 1. The Bertz CT molecular complexity index is 980. The van der Waals surface area contributed by atoms with E-state index in [0.29, 0.717) is 41.9 Å². The van der Waals surface area contributed by atoms with Gasteiger partial charge in [-0.15, -0.1) is 0 Å². The number of piperidine rings is 1. The van der Waals surface area contributed by atoms with Gasteiger partial charge in [-0.1, -0.05) is 0 Å². The van der Waals surface area contributed by atoms with E-state index in [1.165, 1.54) is 24.3 Å². The lowest BCUT2D eigenvalue weighted by Crippen LogP contribution is -2.43. The first-order valence-electron chi connectivity index (χ1n) is 10.5. The number of ether oxygens (including phenoxy) is 3. The zero-order chi connectivity index (χ0) is 22.0. The highest BCUT2D eigenvalue weighted by Gasteiger charge is 2.48. The molecule has 2 aliphatic heterocycles. The maximum Gasteiger partial charge on any atom is 0.339 e. The van der Waals surface area contributed by atoms with Gasteiger partial charge in [0.15, 0.2) is 17.3 Å². The third-order valence-electron chi connectivity index (χ3n) is 6.23. The molecular formula is C24H26FNO5. The molecule has 31 heavy (non-hydrogen) atoms. The van der Waals surface area contributed by atoms with Crippen LogP contribution in [0.2, 0.25) is 0 Å². The highest BCUT2D eigenvalue weighted by molar-refractivity contribution is 5.96. The second kappa shape index (κ2) is 8.67. The second-order valence-electron chi connectivity index (χ2n) is 8.01. The molecule has 0 atom stereocenters. The van der Waals surface area contributed by atoms with E-state index in [9.17, 15) is 14.0 Å². The molecule has 2 aromatic rings. The Morgan fingerprint density at radius 1 is 1.10 bits per heavy atom. The summed E-state index contributed by atoms with van der Waals surface area (Å²) in [7, 11) is 3.12. The van der Waals surface area contributed by atoms with E-state index in [2.05, 4.69) is 4.90 Å². The Balaban J connectivity index is 1.35. The van der Waals surface area contributed by atoms with Crippen LogP contribution in [-0.4, -0.2) is 50.5 Å². The van der Waals surface area contributed by atoms with Crippen molar-refractivity contribution in [3.63, 3.8) is 0 Å². The summed E-state index contributed by atoms with van der Waals surface area (Å²) in [5.41, 5.74) is 1.31. The third-order valence-corrected chi connectivity index (χ3v) is 6.23. The molecule has 0 aromatic heterocycles. The fraction of sp³-hybridized carbons (Fsp3) is 0.417. The number of methoxy groups -OCH3 is 2. The topological polar surface area (TPSA) is 65.1 Å². The minimum atomic E-state index is -0.633. The minimum absolute atomic E-state index is 0.0215. The second-order valence-corrected chi connectivity index (χ2v) is 8.01. The number of ketones is 1. The largest absolute Gasteiger partial charge is 0.493 e. The molecule has 0 N–H and O–H groups in total. The van der Waals surface area contributed by atoms with Crippen LogP contribution in [-0.2, 0) is 10.3 Å². The number of nitrogens with zero attached hydrogens (tertiary/aromatic N) is 1. The predicted octanol–water partition coefficient (Wildman–Crippen LogP) is 3.97. The monoisotopic (exact) mass is 427 g/mol. The van der Waals surface area contributed by atoms with E-state index in [1.54, 1.807) is 20.3 Å². The molecule has 0 unspecified atom stereocenters. The van der Waals surface area contributed by atoms with Crippen molar-refractivity contribution < 1.29 is 28.2 Å². The molecule has 0 amide bonds. The van der Waals surface area contributed by atoms with Gasteiger partial charge in [-0.3, -0.25) is 4.79 Å². The van der Waals surface area contributed by atoms with Gasteiger partial charge in [-0.2, -0.15) is 0 Å². The maximum absolute atomic E-state index is 13.0. The normalized spacial score (nSPS) is 17.3. The SMILES string of the molecule is COc1cc2c(cc1OC)C1(CCN(CCCC(=O)c3ccc(F)cc3)CC1)OC2=O. The standard InChI is InChI=1S/C24H26FNO5/c1-29-21-14-18-19(15-22(21)30-2)24(31-23(18)28)9-12-26(13-10-24)11-3-4-20(27)16-5-7-17(25)8-6-16/h5-8,14-15H,3-4,9-13H2,1-2H3. The third kappa shape index (κ3) is 4.14. The lowest BCUT2D eigenvalue weighted by molar-refractivity contribution is -0.0430. The van der Waals surface area contributed by atoms with Gasteiger partial charge in [0.1, 0.15) is 11.4 Å². The van der Waals surface area contributed by atoms with Crippen molar-refractivity contribution in [2.24, 2.45) is 0 Å². The number of esters is 1. The summed E-state index contributed by atoms with van der Waals surface area (Å²) in [6.45, 7) is 2.33. The van der Waals surface area contributed by atoms with E-state index < -0.39 is 5.60 Å². The van der Waals surface area contributed by atoms with Gasteiger partial charge >= 0.3 is 5.97 Å². The predicted molar refractivity (Wildman–Crippen MR) is 112 cm³/mol. The molecule has 1 fully saturated rings. The van der Waals surface area contributed by atoms with Crippen LogP contribution in [0.3, 0.4) is 0 Å². The number of Topliss-reactive ketones (excluding diaryl/α,β-unsaturated/α-hetero) is 1. The molecule has 2 aliphatic rings. The molecule has 0 bridgehead atoms. The van der Waals surface area contributed by atoms with Crippen LogP contribution in [0.5, 0.6) is 11.5 Å². The number of carbonyl (C=O) groups excluding carboxylic acids is 2. The number of hydrogen-bond donors (Lipinski definition) is 0. The van der Waals surface area contributed by atoms with Crippen molar-refractivity contribution in [1.82, 2.24) is 4.90 Å². The summed E-state index contributed by atoms with van der Waals surface area (Å²) < 4.78 is 29.6. The quantitative estimate of drug-likeness (QED) is 0.492. The summed E-state index contributed by atoms with van der Waals surface area (Å²) in [5.74, 6) is 0.450. The van der Waals surface area contributed by atoms with Crippen LogP contribution < -0.4 is 9.47 Å². The van der Waals surface area contributed by atoms with E-state index in [4.69, 9.17) is 14.2 Å². The van der Waals surface area contributed by atoms with Crippen LogP contribution in [0, 0.1) is 5.82 Å². The summed E-state index contributed by atoms with van der Waals surface area (Å²) in [5, 5.41) is 0. The first-order chi connectivity index (χ1) is 15.0. The van der Waals surface area contributed by atoms with Gasteiger partial charge in [0.2, 0.25) is 0 Å². The molecule has 7 heteroatoms. The zero-order valence-electron chi connectivity index (χ0n) is 17.8. The molecular weight excluding hydrogens is 401 g/mol. The van der Waals surface area contributed by atoms with E-state index in [-0.39, 0.29) is 17.6 Å². The van der Waals surface area contributed by atoms with Gasteiger partial charge in [0.25, 0.3) is 0 Å². The Kier molecular flexibility index (Phi) is 5.96. The number of hydrogen-bond acceptors (Lipinski definition) is 6. The van der Waals surface area contributed by atoms with Crippen LogP contribution in [0.25, 0.3) is 0 Å². The summed E-state index contributed by atoms with van der Waals surface area (Å²) >= 11 is 0. The number of carbonyl (C=O) groups is 2. The average molecular weight is 427 g/mol. The first kappa shape index (κ1) is 21.3.